The number of esters is 1. The van der Waals surface area contributed by atoms with Crippen LogP contribution in [0.1, 0.15) is 41.8 Å². The van der Waals surface area contributed by atoms with E-state index in [0.29, 0.717) is 29.9 Å². The van der Waals surface area contributed by atoms with Gasteiger partial charge in [0.1, 0.15) is 0 Å². The van der Waals surface area contributed by atoms with Crippen LogP contribution in [-0.2, 0) is 16.1 Å². The monoisotopic (exact) mass is 393 g/mol. The molecule has 152 valence electrons. The average molecular weight is 393 g/mol. The van der Waals surface area contributed by atoms with E-state index in [9.17, 15) is 9.59 Å². The highest BCUT2D eigenvalue weighted by atomic mass is 16.5. The molecule has 0 aliphatic carbocycles. The molecule has 29 heavy (non-hydrogen) atoms. The van der Waals surface area contributed by atoms with Crippen LogP contribution in [0.15, 0.2) is 48.2 Å². The number of anilines is 2. The predicted octanol–water partition coefficient (Wildman–Crippen LogP) is 4.11. The summed E-state index contributed by atoms with van der Waals surface area (Å²) in [6, 6.07) is 13.4. The van der Waals surface area contributed by atoms with E-state index in [-0.39, 0.29) is 5.91 Å². The molecular weight excluding hydrogens is 366 g/mol. The number of hydrogen-bond acceptors (Lipinski definition) is 5. The van der Waals surface area contributed by atoms with Gasteiger partial charge in [0.15, 0.2) is 0 Å². The summed E-state index contributed by atoms with van der Waals surface area (Å²) in [4.78, 5) is 26.8. The number of nitrogens with zero attached hydrogens (tertiary/aromatic N) is 1. The Bertz CT molecular complexity index is 946. The van der Waals surface area contributed by atoms with Gasteiger partial charge in [0.2, 0.25) is 0 Å². The molecule has 2 aromatic rings. The van der Waals surface area contributed by atoms with Crippen molar-refractivity contribution in [2.24, 2.45) is 0 Å². The second-order valence-electron chi connectivity index (χ2n) is 7.20. The third-order valence-electron chi connectivity index (χ3n) is 4.68. The van der Waals surface area contributed by atoms with E-state index in [2.05, 4.69) is 27.7 Å². The van der Waals surface area contributed by atoms with Gasteiger partial charge >= 0.3 is 5.97 Å². The van der Waals surface area contributed by atoms with E-state index in [0.717, 1.165) is 23.5 Å². The lowest BCUT2D eigenvalue weighted by Gasteiger charge is -2.14. The first-order valence-corrected chi connectivity index (χ1v) is 9.79. The molecule has 0 radical (unpaired) electrons. The van der Waals surface area contributed by atoms with Crippen molar-refractivity contribution in [3.8, 4) is 0 Å². The molecule has 3 rings (SSSR count). The first-order valence-electron chi connectivity index (χ1n) is 9.79. The molecule has 0 saturated carbocycles. The Morgan fingerprint density at radius 2 is 1.83 bits per heavy atom. The maximum absolute atomic E-state index is 12.7. The second kappa shape index (κ2) is 8.92. The Balaban J connectivity index is 1.89. The second-order valence-corrected chi connectivity index (χ2v) is 7.20. The lowest BCUT2D eigenvalue weighted by atomic mass is 10.0. The van der Waals surface area contributed by atoms with E-state index in [4.69, 9.17) is 4.74 Å². The molecule has 0 aromatic heterocycles. The van der Waals surface area contributed by atoms with Gasteiger partial charge in [-0.3, -0.25) is 4.79 Å². The number of fused-ring (bicyclic) bond motifs is 1. The molecule has 0 bridgehead atoms. The Morgan fingerprint density at radius 3 is 2.45 bits per heavy atom. The van der Waals surface area contributed by atoms with Crippen molar-refractivity contribution in [2.45, 2.75) is 26.8 Å². The van der Waals surface area contributed by atoms with Crippen molar-refractivity contribution in [1.29, 1.82) is 0 Å². The van der Waals surface area contributed by atoms with Crippen LogP contribution >= 0.6 is 0 Å². The summed E-state index contributed by atoms with van der Waals surface area (Å²) in [5, 5.41) is 6.26. The molecule has 1 aliphatic rings. The Kier molecular flexibility index (Phi) is 6.34. The summed E-state index contributed by atoms with van der Waals surface area (Å²) < 4.78 is 5.04. The van der Waals surface area contributed by atoms with Gasteiger partial charge in [-0.1, -0.05) is 25.1 Å². The predicted molar refractivity (Wildman–Crippen MR) is 116 cm³/mol. The van der Waals surface area contributed by atoms with Crippen LogP contribution in [0.4, 0.5) is 11.4 Å². The minimum absolute atomic E-state index is 0.172. The maximum atomic E-state index is 12.7. The highest BCUT2D eigenvalue weighted by molar-refractivity contribution is 6.32. The van der Waals surface area contributed by atoms with Gasteiger partial charge in [0.25, 0.3) is 5.91 Å². The minimum Gasteiger partial charge on any atom is -0.462 e. The number of benzene rings is 2. The highest BCUT2D eigenvalue weighted by Gasteiger charge is 2.28. The summed E-state index contributed by atoms with van der Waals surface area (Å²) in [5.74, 6) is -0.566. The zero-order chi connectivity index (χ0) is 21.0. The number of amides is 1. The van der Waals surface area contributed by atoms with E-state index in [1.807, 2.05) is 33.2 Å². The smallest absolute Gasteiger partial charge is 0.338 e. The summed E-state index contributed by atoms with van der Waals surface area (Å²) in [6.45, 7) is 4.96. The molecule has 6 nitrogen and oxygen atoms in total. The third-order valence-corrected chi connectivity index (χ3v) is 4.68. The van der Waals surface area contributed by atoms with Crippen molar-refractivity contribution in [3.63, 3.8) is 0 Å². The normalized spacial score (nSPS) is 14.4. The summed E-state index contributed by atoms with van der Waals surface area (Å²) in [7, 11) is 4.07. The van der Waals surface area contributed by atoms with Crippen LogP contribution in [0.2, 0.25) is 0 Å². The zero-order valence-corrected chi connectivity index (χ0v) is 17.3. The molecule has 2 N–H and O–H groups in total. The van der Waals surface area contributed by atoms with Crippen molar-refractivity contribution < 1.29 is 14.3 Å². The SMILES string of the molecule is CCOC(=O)c1ccc2c(c1)NC(=O)/C2=C(\CC)Nc1ccc(CN(C)C)cc1. The Labute approximate surface area is 171 Å². The van der Waals surface area contributed by atoms with Gasteiger partial charge in [-0.15, -0.1) is 0 Å². The standard InChI is InChI=1S/C23H27N3O3/c1-5-19(24-17-10-7-15(8-11-17)14-26(3)4)21-18-12-9-16(23(28)29-6-2)13-20(18)25-22(21)27/h7-13,24H,5-6,14H2,1-4H3,(H,25,27)/b21-19+. The number of carbonyl (C=O) groups is 2. The van der Waals surface area contributed by atoms with Crippen molar-refractivity contribution in [2.75, 3.05) is 31.3 Å². The molecule has 1 amide bonds. The number of ether oxygens (including phenoxy) is 1. The lowest BCUT2D eigenvalue weighted by molar-refractivity contribution is -0.110. The fourth-order valence-corrected chi connectivity index (χ4v) is 3.37. The van der Waals surface area contributed by atoms with Crippen molar-refractivity contribution >= 4 is 28.8 Å². The number of carbonyl (C=O) groups excluding carboxylic acids is 2. The minimum atomic E-state index is -0.395. The highest BCUT2D eigenvalue weighted by Crippen LogP contribution is 2.36. The van der Waals surface area contributed by atoms with Crippen LogP contribution in [-0.4, -0.2) is 37.5 Å². The molecule has 0 unspecified atom stereocenters. The number of rotatable bonds is 7. The van der Waals surface area contributed by atoms with E-state index in [1.165, 1.54) is 5.56 Å². The molecule has 0 fully saturated rings. The third kappa shape index (κ3) is 4.66. The van der Waals surface area contributed by atoms with Gasteiger partial charge < -0.3 is 20.3 Å². The van der Waals surface area contributed by atoms with Crippen LogP contribution < -0.4 is 10.6 Å². The van der Waals surface area contributed by atoms with Crippen LogP contribution in [0, 0.1) is 0 Å². The lowest BCUT2D eigenvalue weighted by Crippen LogP contribution is -2.11. The molecule has 2 aromatic carbocycles. The molecule has 0 atom stereocenters. The largest absolute Gasteiger partial charge is 0.462 e. The topological polar surface area (TPSA) is 70.7 Å². The van der Waals surface area contributed by atoms with E-state index < -0.39 is 5.97 Å². The first-order chi connectivity index (χ1) is 13.9. The fourth-order valence-electron chi connectivity index (χ4n) is 3.37. The number of nitrogens with one attached hydrogen (secondary N) is 2. The summed E-state index contributed by atoms with van der Waals surface area (Å²) in [5.41, 5.74) is 5.44. The van der Waals surface area contributed by atoms with Crippen molar-refractivity contribution in [3.05, 3.63) is 64.9 Å². The Morgan fingerprint density at radius 1 is 1.10 bits per heavy atom. The van der Waals surface area contributed by atoms with Gasteiger partial charge in [0, 0.05) is 23.5 Å². The zero-order valence-electron chi connectivity index (χ0n) is 17.3. The molecular formula is C23H27N3O3. The maximum Gasteiger partial charge on any atom is 0.338 e. The number of allylic oxidation sites excluding steroid dienone is 1. The van der Waals surface area contributed by atoms with Crippen LogP contribution in [0.3, 0.4) is 0 Å². The average Bonchev–Trinajstić information content (AvgIpc) is 3.02. The number of hydrogen-bond donors (Lipinski definition) is 2. The van der Waals surface area contributed by atoms with E-state index >= 15 is 0 Å². The van der Waals surface area contributed by atoms with Crippen LogP contribution in [0.25, 0.3) is 5.57 Å². The summed E-state index contributed by atoms with van der Waals surface area (Å²) >= 11 is 0. The van der Waals surface area contributed by atoms with Gasteiger partial charge in [-0.25, -0.2) is 4.79 Å². The molecule has 6 heteroatoms. The molecule has 0 spiro atoms. The fraction of sp³-hybridized carbons (Fsp3) is 0.304. The van der Waals surface area contributed by atoms with Crippen molar-refractivity contribution in [1.82, 2.24) is 4.90 Å². The van der Waals surface area contributed by atoms with Gasteiger partial charge in [-0.05, 0) is 57.3 Å². The molecule has 0 saturated heterocycles. The summed E-state index contributed by atoms with van der Waals surface area (Å²) in [6.07, 6.45) is 0.668. The molecule has 1 heterocycles. The molecule has 1 aliphatic heterocycles. The quantitative estimate of drug-likeness (QED) is 0.547. The van der Waals surface area contributed by atoms with Crippen LogP contribution in [0.5, 0.6) is 0 Å². The first kappa shape index (κ1) is 20.6. The Hall–Kier alpha value is -3.12. The van der Waals surface area contributed by atoms with E-state index in [1.54, 1.807) is 25.1 Å². The van der Waals surface area contributed by atoms with Gasteiger partial charge in [-0.2, -0.15) is 0 Å². The van der Waals surface area contributed by atoms with Gasteiger partial charge in [0.05, 0.1) is 23.4 Å².